The molecule has 1 aromatic heterocycles. The molecule has 7 heteroatoms. The SMILES string of the molecule is CCc1nc(NC)cc(OC(C)C(F)(F)F)n1. The Hall–Kier alpha value is -1.53. The van der Waals surface area contributed by atoms with E-state index in [1.165, 1.54) is 6.07 Å². The third-order valence-corrected chi connectivity index (χ3v) is 2.08. The lowest BCUT2D eigenvalue weighted by Gasteiger charge is -2.17. The molecule has 0 radical (unpaired) electrons. The van der Waals surface area contributed by atoms with Gasteiger partial charge in [0.15, 0.2) is 6.10 Å². The first-order chi connectivity index (χ1) is 7.86. The van der Waals surface area contributed by atoms with Crippen molar-refractivity contribution in [2.45, 2.75) is 32.5 Å². The molecule has 1 rings (SSSR count). The Balaban J connectivity index is 2.90. The summed E-state index contributed by atoms with van der Waals surface area (Å²) in [6, 6.07) is 1.33. The lowest BCUT2D eigenvalue weighted by molar-refractivity contribution is -0.190. The summed E-state index contributed by atoms with van der Waals surface area (Å²) in [5.74, 6) is 0.786. The van der Waals surface area contributed by atoms with Crippen molar-refractivity contribution in [1.29, 1.82) is 0 Å². The summed E-state index contributed by atoms with van der Waals surface area (Å²) in [4.78, 5) is 7.94. The highest BCUT2D eigenvalue weighted by Crippen LogP contribution is 2.24. The van der Waals surface area contributed by atoms with Gasteiger partial charge in [-0.25, -0.2) is 4.98 Å². The van der Waals surface area contributed by atoms with Crippen LogP contribution in [-0.2, 0) is 6.42 Å². The largest absolute Gasteiger partial charge is 0.465 e. The second kappa shape index (κ2) is 5.20. The van der Waals surface area contributed by atoms with Crippen LogP contribution in [0.25, 0.3) is 0 Å². The second-order valence-electron chi connectivity index (χ2n) is 3.41. The van der Waals surface area contributed by atoms with Crippen molar-refractivity contribution in [3.05, 3.63) is 11.9 Å². The van der Waals surface area contributed by atoms with Crippen molar-refractivity contribution >= 4 is 5.82 Å². The average Bonchev–Trinajstić information content (AvgIpc) is 2.27. The molecule has 0 aliphatic carbocycles. The third kappa shape index (κ3) is 3.76. The summed E-state index contributed by atoms with van der Waals surface area (Å²) < 4.78 is 41.7. The molecule has 0 aromatic carbocycles. The number of anilines is 1. The van der Waals surface area contributed by atoms with Gasteiger partial charge in [0.05, 0.1) is 0 Å². The van der Waals surface area contributed by atoms with Gasteiger partial charge < -0.3 is 10.1 Å². The van der Waals surface area contributed by atoms with Gasteiger partial charge in [0.25, 0.3) is 0 Å². The van der Waals surface area contributed by atoms with E-state index in [4.69, 9.17) is 4.74 Å². The van der Waals surface area contributed by atoms with Gasteiger partial charge in [-0.15, -0.1) is 0 Å². The maximum Gasteiger partial charge on any atom is 0.425 e. The number of alkyl halides is 3. The van der Waals surface area contributed by atoms with Crippen LogP contribution in [0.5, 0.6) is 5.88 Å². The van der Waals surface area contributed by atoms with Gasteiger partial charge in [-0.05, 0) is 6.92 Å². The highest BCUT2D eigenvalue weighted by molar-refractivity contribution is 5.37. The lowest BCUT2D eigenvalue weighted by atomic mass is 10.4. The Bertz CT molecular complexity index is 359. The van der Waals surface area contributed by atoms with Crippen LogP contribution >= 0.6 is 0 Å². The van der Waals surface area contributed by atoms with E-state index in [1.807, 2.05) is 6.92 Å². The molecule has 0 aliphatic heterocycles. The Morgan fingerprint density at radius 3 is 2.53 bits per heavy atom. The number of nitrogens with zero attached hydrogens (tertiary/aromatic N) is 2. The van der Waals surface area contributed by atoms with Crippen molar-refractivity contribution in [3.8, 4) is 5.88 Å². The van der Waals surface area contributed by atoms with Crippen molar-refractivity contribution < 1.29 is 17.9 Å². The molecular weight excluding hydrogens is 235 g/mol. The molecule has 1 heterocycles. The molecule has 4 nitrogen and oxygen atoms in total. The minimum atomic E-state index is -4.41. The first-order valence-corrected chi connectivity index (χ1v) is 5.16. The number of aromatic nitrogens is 2. The Morgan fingerprint density at radius 2 is 2.06 bits per heavy atom. The Kier molecular flexibility index (Phi) is 4.14. The number of hydrogen-bond donors (Lipinski definition) is 1. The highest BCUT2D eigenvalue weighted by atomic mass is 19.4. The van der Waals surface area contributed by atoms with Gasteiger partial charge >= 0.3 is 6.18 Å². The standard InChI is InChI=1S/C10H14F3N3O/c1-4-7-15-8(14-3)5-9(16-7)17-6(2)10(11,12)13/h5-6H,4H2,1-3H3,(H,14,15,16). The zero-order valence-corrected chi connectivity index (χ0v) is 9.80. The maximum atomic E-state index is 12.3. The minimum absolute atomic E-state index is 0.0778. The second-order valence-corrected chi connectivity index (χ2v) is 3.41. The fraction of sp³-hybridized carbons (Fsp3) is 0.600. The molecule has 1 aromatic rings. The van der Waals surface area contributed by atoms with Gasteiger partial charge in [-0.2, -0.15) is 18.2 Å². The molecule has 0 aliphatic rings. The molecule has 0 amide bonds. The first kappa shape index (κ1) is 13.5. The molecule has 1 N–H and O–H groups in total. The topological polar surface area (TPSA) is 47.0 Å². The van der Waals surface area contributed by atoms with Gasteiger partial charge in [0, 0.05) is 19.5 Å². The zero-order valence-electron chi connectivity index (χ0n) is 9.80. The Morgan fingerprint density at radius 1 is 1.41 bits per heavy atom. The normalized spacial score (nSPS) is 13.3. The number of rotatable bonds is 4. The molecule has 0 spiro atoms. The van der Waals surface area contributed by atoms with Crippen LogP contribution in [0.2, 0.25) is 0 Å². The predicted molar refractivity (Wildman–Crippen MR) is 57.1 cm³/mol. The molecule has 1 unspecified atom stereocenters. The van der Waals surface area contributed by atoms with Crippen molar-refractivity contribution in [3.63, 3.8) is 0 Å². The lowest BCUT2D eigenvalue weighted by Crippen LogP contribution is -2.31. The summed E-state index contributed by atoms with van der Waals surface area (Å²) in [5.41, 5.74) is 0. The summed E-state index contributed by atoms with van der Waals surface area (Å²) in [7, 11) is 1.62. The molecule has 17 heavy (non-hydrogen) atoms. The quantitative estimate of drug-likeness (QED) is 0.890. The van der Waals surface area contributed by atoms with Gasteiger partial charge in [-0.3, -0.25) is 0 Å². The van der Waals surface area contributed by atoms with E-state index >= 15 is 0 Å². The van der Waals surface area contributed by atoms with E-state index in [0.29, 0.717) is 18.1 Å². The van der Waals surface area contributed by atoms with Crippen molar-refractivity contribution in [1.82, 2.24) is 9.97 Å². The van der Waals surface area contributed by atoms with Crippen molar-refractivity contribution in [2.24, 2.45) is 0 Å². The highest BCUT2D eigenvalue weighted by Gasteiger charge is 2.38. The van der Waals surface area contributed by atoms with E-state index in [9.17, 15) is 13.2 Å². The van der Waals surface area contributed by atoms with E-state index in [1.54, 1.807) is 7.05 Å². The van der Waals surface area contributed by atoms with E-state index in [2.05, 4.69) is 15.3 Å². The van der Waals surface area contributed by atoms with Gasteiger partial charge in [0.2, 0.25) is 5.88 Å². The number of hydrogen-bond acceptors (Lipinski definition) is 4. The predicted octanol–water partition coefficient (Wildman–Crippen LogP) is 2.41. The smallest absolute Gasteiger partial charge is 0.425 e. The fourth-order valence-electron chi connectivity index (χ4n) is 1.07. The number of halogens is 3. The van der Waals surface area contributed by atoms with Crippen LogP contribution in [0.4, 0.5) is 19.0 Å². The molecule has 0 saturated heterocycles. The molecule has 1 atom stereocenters. The van der Waals surface area contributed by atoms with Crippen LogP contribution in [0.15, 0.2) is 6.07 Å². The number of aryl methyl sites for hydroxylation is 1. The van der Waals surface area contributed by atoms with E-state index in [0.717, 1.165) is 6.92 Å². The van der Waals surface area contributed by atoms with Crippen LogP contribution in [0, 0.1) is 0 Å². The first-order valence-electron chi connectivity index (χ1n) is 5.16. The van der Waals surface area contributed by atoms with Crippen LogP contribution in [0.1, 0.15) is 19.7 Å². The Labute approximate surface area is 97.2 Å². The minimum Gasteiger partial charge on any atom is -0.465 e. The van der Waals surface area contributed by atoms with Gasteiger partial charge in [-0.1, -0.05) is 6.92 Å². The summed E-state index contributed by atoms with van der Waals surface area (Å²) in [5, 5.41) is 2.74. The summed E-state index contributed by atoms with van der Waals surface area (Å²) >= 11 is 0. The molecule has 96 valence electrons. The van der Waals surface area contributed by atoms with Crippen LogP contribution < -0.4 is 10.1 Å². The molecular formula is C10H14F3N3O. The fourth-order valence-corrected chi connectivity index (χ4v) is 1.07. The average molecular weight is 249 g/mol. The maximum absolute atomic E-state index is 12.3. The molecule has 0 bridgehead atoms. The third-order valence-electron chi connectivity index (χ3n) is 2.08. The monoisotopic (exact) mass is 249 g/mol. The summed E-state index contributed by atoms with van der Waals surface area (Å²) in [6.45, 7) is 2.75. The van der Waals surface area contributed by atoms with Crippen LogP contribution in [0.3, 0.4) is 0 Å². The number of nitrogens with one attached hydrogen (secondary N) is 1. The van der Waals surface area contributed by atoms with E-state index in [-0.39, 0.29) is 5.88 Å². The molecule has 0 fully saturated rings. The summed E-state index contributed by atoms with van der Waals surface area (Å²) in [6.07, 6.45) is -5.78. The van der Waals surface area contributed by atoms with Crippen LogP contribution in [-0.4, -0.2) is 29.3 Å². The molecule has 0 saturated carbocycles. The zero-order chi connectivity index (χ0) is 13.1. The van der Waals surface area contributed by atoms with E-state index < -0.39 is 12.3 Å². The number of ether oxygens (including phenoxy) is 1. The van der Waals surface area contributed by atoms with Gasteiger partial charge in [0.1, 0.15) is 11.6 Å². The van der Waals surface area contributed by atoms with Crippen molar-refractivity contribution in [2.75, 3.05) is 12.4 Å².